The second-order valence-electron chi connectivity index (χ2n) is 3.53. The Balaban J connectivity index is 2.08. The number of rotatable bonds is 4. The van der Waals surface area contributed by atoms with Crippen molar-refractivity contribution in [1.82, 2.24) is 9.97 Å². The monoisotopic (exact) mass is 263 g/mol. The Morgan fingerprint density at radius 2 is 2.22 bits per heavy atom. The van der Waals surface area contributed by atoms with E-state index < -0.39 is 5.97 Å². The number of halogens is 1. The van der Waals surface area contributed by atoms with E-state index in [2.05, 4.69) is 15.3 Å². The lowest BCUT2D eigenvalue weighted by atomic mass is 10.3. The first-order valence-electron chi connectivity index (χ1n) is 5.19. The SMILES string of the molecule is O=C(O)c1cnc(NCc2ccccn2)c(Cl)c1. The summed E-state index contributed by atoms with van der Waals surface area (Å²) >= 11 is 5.93. The lowest BCUT2D eigenvalue weighted by molar-refractivity contribution is 0.0696. The molecule has 0 unspecified atom stereocenters. The topological polar surface area (TPSA) is 75.1 Å². The minimum atomic E-state index is -1.05. The van der Waals surface area contributed by atoms with Crippen LogP contribution in [0.1, 0.15) is 16.1 Å². The van der Waals surface area contributed by atoms with E-state index in [1.54, 1.807) is 6.20 Å². The summed E-state index contributed by atoms with van der Waals surface area (Å²) in [5.41, 5.74) is 0.904. The zero-order valence-electron chi connectivity index (χ0n) is 9.30. The quantitative estimate of drug-likeness (QED) is 0.886. The van der Waals surface area contributed by atoms with Crippen LogP contribution in [-0.4, -0.2) is 21.0 Å². The lowest BCUT2D eigenvalue weighted by Gasteiger charge is -2.07. The van der Waals surface area contributed by atoms with Gasteiger partial charge in [-0.1, -0.05) is 17.7 Å². The van der Waals surface area contributed by atoms with Gasteiger partial charge in [0, 0.05) is 12.4 Å². The molecule has 2 rings (SSSR count). The molecule has 2 heterocycles. The molecule has 0 fully saturated rings. The molecule has 2 aromatic heterocycles. The molecule has 0 spiro atoms. The van der Waals surface area contributed by atoms with Crippen LogP contribution in [0.2, 0.25) is 5.02 Å². The molecule has 0 amide bonds. The first-order chi connectivity index (χ1) is 8.66. The molecule has 18 heavy (non-hydrogen) atoms. The molecule has 2 N–H and O–H groups in total. The summed E-state index contributed by atoms with van der Waals surface area (Å²) < 4.78 is 0. The number of nitrogens with zero attached hydrogens (tertiary/aromatic N) is 2. The van der Waals surface area contributed by atoms with E-state index >= 15 is 0 Å². The van der Waals surface area contributed by atoms with E-state index in [4.69, 9.17) is 16.7 Å². The summed E-state index contributed by atoms with van der Waals surface area (Å²) in [5.74, 6) is -0.618. The number of aromatic nitrogens is 2. The number of hydrogen-bond acceptors (Lipinski definition) is 4. The number of carboxylic acid groups (broad SMARTS) is 1. The van der Waals surface area contributed by atoms with E-state index in [0.29, 0.717) is 12.4 Å². The molecule has 0 atom stereocenters. The average molecular weight is 264 g/mol. The Morgan fingerprint density at radius 3 is 2.83 bits per heavy atom. The van der Waals surface area contributed by atoms with Gasteiger partial charge in [0.1, 0.15) is 5.82 Å². The molecule has 5 nitrogen and oxygen atoms in total. The van der Waals surface area contributed by atoms with Crippen LogP contribution in [0, 0.1) is 0 Å². The molecule has 92 valence electrons. The number of pyridine rings is 2. The number of carboxylic acids is 1. The highest BCUT2D eigenvalue weighted by molar-refractivity contribution is 6.33. The van der Waals surface area contributed by atoms with Gasteiger partial charge in [0.15, 0.2) is 0 Å². The fourth-order valence-corrected chi connectivity index (χ4v) is 1.60. The van der Waals surface area contributed by atoms with Crippen LogP contribution in [-0.2, 0) is 6.54 Å². The van der Waals surface area contributed by atoms with Gasteiger partial charge in [0.2, 0.25) is 0 Å². The third kappa shape index (κ3) is 2.95. The summed E-state index contributed by atoms with van der Waals surface area (Å²) in [6.07, 6.45) is 2.95. The minimum absolute atomic E-state index is 0.0587. The Kier molecular flexibility index (Phi) is 3.74. The molecule has 0 aromatic carbocycles. The van der Waals surface area contributed by atoms with Gasteiger partial charge in [0.25, 0.3) is 0 Å². The van der Waals surface area contributed by atoms with Gasteiger partial charge in [-0.15, -0.1) is 0 Å². The fourth-order valence-electron chi connectivity index (χ4n) is 1.36. The average Bonchev–Trinajstić information content (AvgIpc) is 2.38. The fraction of sp³-hybridized carbons (Fsp3) is 0.0833. The van der Waals surface area contributed by atoms with Crippen molar-refractivity contribution in [3.05, 3.63) is 52.9 Å². The highest BCUT2D eigenvalue weighted by Crippen LogP contribution is 2.20. The van der Waals surface area contributed by atoms with Crippen molar-refractivity contribution in [1.29, 1.82) is 0 Å². The molecule has 0 radical (unpaired) electrons. The van der Waals surface area contributed by atoms with Crippen molar-refractivity contribution in [3.8, 4) is 0 Å². The second kappa shape index (κ2) is 5.46. The Bertz CT molecular complexity index is 561. The lowest BCUT2D eigenvalue weighted by Crippen LogP contribution is -2.05. The molecule has 0 saturated carbocycles. The number of hydrogen-bond donors (Lipinski definition) is 2. The summed E-state index contributed by atoms with van der Waals surface area (Å²) in [4.78, 5) is 18.8. The van der Waals surface area contributed by atoms with Gasteiger partial charge >= 0.3 is 5.97 Å². The Hall–Kier alpha value is -2.14. The van der Waals surface area contributed by atoms with Crippen molar-refractivity contribution >= 4 is 23.4 Å². The molecule has 0 aliphatic heterocycles. The molecule has 6 heteroatoms. The van der Waals surface area contributed by atoms with Crippen LogP contribution in [0.3, 0.4) is 0 Å². The molecule has 0 saturated heterocycles. The van der Waals surface area contributed by atoms with Crippen LogP contribution in [0.15, 0.2) is 36.7 Å². The maximum atomic E-state index is 10.7. The third-order valence-corrected chi connectivity index (χ3v) is 2.54. The number of aromatic carboxylic acids is 1. The molecular weight excluding hydrogens is 254 g/mol. The van der Waals surface area contributed by atoms with Crippen LogP contribution >= 0.6 is 11.6 Å². The zero-order chi connectivity index (χ0) is 13.0. The number of carbonyl (C=O) groups is 1. The van der Waals surface area contributed by atoms with E-state index in [1.165, 1.54) is 12.3 Å². The maximum absolute atomic E-state index is 10.7. The van der Waals surface area contributed by atoms with E-state index in [1.807, 2.05) is 18.2 Å². The highest BCUT2D eigenvalue weighted by Gasteiger charge is 2.08. The standard InChI is InChI=1S/C12H10ClN3O2/c13-10-5-8(12(17)18)6-15-11(10)16-7-9-3-1-2-4-14-9/h1-6H,7H2,(H,15,16)(H,17,18). The normalized spacial score (nSPS) is 10.1. The van der Waals surface area contributed by atoms with Crippen molar-refractivity contribution in [2.75, 3.05) is 5.32 Å². The first-order valence-corrected chi connectivity index (χ1v) is 5.57. The van der Waals surface area contributed by atoms with Crippen molar-refractivity contribution in [3.63, 3.8) is 0 Å². The second-order valence-corrected chi connectivity index (χ2v) is 3.94. The predicted molar refractivity (Wildman–Crippen MR) is 67.8 cm³/mol. The van der Waals surface area contributed by atoms with Gasteiger partial charge in [-0.05, 0) is 18.2 Å². The molecule has 0 aliphatic carbocycles. The van der Waals surface area contributed by atoms with Crippen LogP contribution in [0.25, 0.3) is 0 Å². The van der Waals surface area contributed by atoms with Crippen molar-refractivity contribution < 1.29 is 9.90 Å². The summed E-state index contributed by atoms with van der Waals surface area (Å²) in [6, 6.07) is 6.94. The van der Waals surface area contributed by atoms with Gasteiger partial charge in [-0.25, -0.2) is 9.78 Å². The molecule has 0 bridgehead atoms. The van der Waals surface area contributed by atoms with Crippen molar-refractivity contribution in [2.24, 2.45) is 0 Å². The summed E-state index contributed by atoms with van der Waals surface area (Å²) in [6.45, 7) is 0.472. The Labute approximate surface area is 108 Å². The first kappa shape index (κ1) is 12.3. The number of nitrogens with one attached hydrogen (secondary N) is 1. The summed E-state index contributed by atoms with van der Waals surface area (Å²) in [5, 5.41) is 12.0. The van der Waals surface area contributed by atoms with Gasteiger partial charge in [-0.2, -0.15) is 0 Å². The van der Waals surface area contributed by atoms with Crippen LogP contribution in [0.5, 0.6) is 0 Å². The summed E-state index contributed by atoms with van der Waals surface area (Å²) in [7, 11) is 0. The third-order valence-electron chi connectivity index (χ3n) is 2.25. The van der Waals surface area contributed by atoms with Gasteiger partial charge in [-0.3, -0.25) is 4.98 Å². The van der Waals surface area contributed by atoms with E-state index in [0.717, 1.165) is 5.69 Å². The van der Waals surface area contributed by atoms with Crippen molar-refractivity contribution in [2.45, 2.75) is 6.54 Å². The van der Waals surface area contributed by atoms with Crippen LogP contribution in [0.4, 0.5) is 5.82 Å². The zero-order valence-corrected chi connectivity index (χ0v) is 10.1. The van der Waals surface area contributed by atoms with E-state index in [-0.39, 0.29) is 10.6 Å². The molecular formula is C12H10ClN3O2. The minimum Gasteiger partial charge on any atom is -0.478 e. The van der Waals surface area contributed by atoms with Crippen LogP contribution < -0.4 is 5.32 Å². The molecule has 2 aromatic rings. The number of anilines is 1. The maximum Gasteiger partial charge on any atom is 0.337 e. The van der Waals surface area contributed by atoms with Gasteiger partial charge in [0.05, 0.1) is 22.8 Å². The largest absolute Gasteiger partial charge is 0.478 e. The van der Waals surface area contributed by atoms with E-state index in [9.17, 15) is 4.79 Å². The smallest absolute Gasteiger partial charge is 0.337 e. The Morgan fingerprint density at radius 1 is 1.39 bits per heavy atom. The highest BCUT2D eigenvalue weighted by atomic mass is 35.5. The molecule has 0 aliphatic rings. The van der Waals surface area contributed by atoms with Gasteiger partial charge < -0.3 is 10.4 Å². The predicted octanol–water partition coefficient (Wildman–Crippen LogP) is 2.44.